The van der Waals surface area contributed by atoms with Gasteiger partial charge in [-0.2, -0.15) is 0 Å². The van der Waals surface area contributed by atoms with E-state index >= 15 is 0 Å². The van der Waals surface area contributed by atoms with E-state index in [2.05, 4.69) is 26.6 Å². The highest BCUT2D eigenvalue weighted by molar-refractivity contribution is 5.95. The number of ether oxygens (including phenoxy) is 1. The Bertz CT molecular complexity index is 924. The maximum atomic E-state index is 13.3. The van der Waals surface area contributed by atoms with Crippen LogP contribution in [0.25, 0.3) is 0 Å². The topological polar surface area (TPSA) is 172 Å². The normalized spacial score (nSPS) is 26.3. The zero-order valence-electron chi connectivity index (χ0n) is 25.9. The largest absolute Gasteiger partial charge is 0.460 e. The number of unbranched alkanes of at least 4 members (excludes halogenated alkanes) is 1. The monoisotopic (exact) mass is 597 g/mol. The van der Waals surface area contributed by atoms with E-state index < -0.39 is 65.8 Å². The third-order valence-electron chi connectivity index (χ3n) is 7.19. The fourth-order valence-corrected chi connectivity index (χ4v) is 4.46. The Morgan fingerprint density at radius 2 is 1.38 bits per heavy atom. The Morgan fingerprint density at radius 1 is 0.762 bits per heavy atom. The van der Waals surface area contributed by atoms with Crippen molar-refractivity contribution in [2.24, 2.45) is 17.8 Å². The van der Waals surface area contributed by atoms with Crippen LogP contribution in [0.4, 0.5) is 0 Å². The van der Waals surface area contributed by atoms with Crippen molar-refractivity contribution in [2.75, 3.05) is 6.54 Å². The van der Waals surface area contributed by atoms with Gasteiger partial charge in [0, 0.05) is 0 Å². The molecule has 5 amide bonds. The second kappa shape index (κ2) is 19.1. The molecule has 242 valence electrons. The fraction of sp³-hybridized carbons (Fsp3) is 0.800. The van der Waals surface area contributed by atoms with Crippen molar-refractivity contribution in [2.45, 2.75) is 132 Å². The second-order valence-corrected chi connectivity index (χ2v) is 11.7. The molecule has 0 aromatic carbocycles. The molecule has 0 aliphatic carbocycles. The Morgan fingerprint density at radius 3 is 1.93 bits per heavy atom. The molecule has 1 heterocycles. The van der Waals surface area contributed by atoms with Crippen LogP contribution in [0.1, 0.15) is 101 Å². The van der Waals surface area contributed by atoms with Crippen LogP contribution in [0.15, 0.2) is 0 Å². The molecule has 5 N–H and O–H groups in total. The predicted molar refractivity (Wildman–Crippen MR) is 161 cm³/mol. The molecule has 1 rings (SSSR count). The molecule has 6 unspecified atom stereocenters. The number of rotatable bonds is 8. The highest BCUT2D eigenvalue weighted by atomic mass is 16.5. The third-order valence-corrected chi connectivity index (χ3v) is 7.19. The molecule has 12 nitrogen and oxygen atoms in total. The molecule has 1 aliphatic heterocycles. The molecule has 1 aliphatic rings. The van der Waals surface area contributed by atoms with Crippen molar-refractivity contribution in [3.63, 3.8) is 0 Å². The number of cyclic esters (lactones) is 1. The molecular weight excluding hydrogens is 542 g/mol. The van der Waals surface area contributed by atoms with Crippen LogP contribution in [0.2, 0.25) is 0 Å². The van der Waals surface area contributed by atoms with Crippen LogP contribution in [0, 0.1) is 17.8 Å². The molecule has 0 aromatic rings. The molecule has 6 atom stereocenters. The Balaban J connectivity index is 0.0000168. The number of esters is 1. The minimum absolute atomic E-state index is 0. The van der Waals surface area contributed by atoms with E-state index in [1.54, 1.807) is 27.7 Å². The number of carbonyl (C=O) groups is 6. The van der Waals surface area contributed by atoms with E-state index in [0.717, 1.165) is 12.8 Å². The minimum atomic E-state index is -1.02. The summed E-state index contributed by atoms with van der Waals surface area (Å²) in [7, 11) is 0. The lowest BCUT2D eigenvalue weighted by atomic mass is 9.95. The number of hydrogen-bond acceptors (Lipinski definition) is 7. The summed E-state index contributed by atoms with van der Waals surface area (Å²) in [6, 6.07) is -3.93. The minimum Gasteiger partial charge on any atom is -0.460 e. The molecule has 0 bridgehead atoms. The number of nitrogens with one attached hydrogen (secondary N) is 5. The molecule has 0 radical (unpaired) electrons. The van der Waals surface area contributed by atoms with Gasteiger partial charge in [-0.05, 0) is 37.5 Å². The van der Waals surface area contributed by atoms with Crippen LogP contribution in [0.3, 0.4) is 0 Å². The van der Waals surface area contributed by atoms with E-state index in [-0.39, 0.29) is 38.1 Å². The van der Waals surface area contributed by atoms with Gasteiger partial charge >= 0.3 is 5.97 Å². The van der Waals surface area contributed by atoms with Crippen LogP contribution >= 0.6 is 0 Å². The Kier molecular flexibility index (Phi) is 17.6. The first-order valence-corrected chi connectivity index (χ1v) is 14.9. The lowest BCUT2D eigenvalue weighted by Crippen LogP contribution is -2.58. The third kappa shape index (κ3) is 12.8. The van der Waals surface area contributed by atoms with Gasteiger partial charge in [0.25, 0.3) is 0 Å². The molecule has 0 saturated carbocycles. The molecular formula is C30H55N5O7. The Labute approximate surface area is 251 Å². The van der Waals surface area contributed by atoms with Crippen molar-refractivity contribution in [3.05, 3.63) is 0 Å². The summed E-state index contributed by atoms with van der Waals surface area (Å²) >= 11 is 0. The summed E-state index contributed by atoms with van der Waals surface area (Å²) in [6.45, 7) is 13.9. The van der Waals surface area contributed by atoms with Gasteiger partial charge in [0.05, 0.1) is 13.0 Å². The van der Waals surface area contributed by atoms with Gasteiger partial charge in [-0.3, -0.25) is 24.0 Å². The van der Waals surface area contributed by atoms with E-state index in [9.17, 15) is 28.8 Å². The fourth-order valence-electron chi connectivity index (χ4n) is 4.46. The van der Waals surface area contributed by atoms with Crippen molar-refractivity contribution in [1.29, 1.82) is 0 Å². The maximum absolute atomic E-state index is 13.3. The van der Waals surface area contributed by atoms with E-state index in [0.29, 0.717) is 19.3 Å². The summed E-state index contributed by atoms with van der Waals surface area (Å²) in [5.41, 5.74) is 0. The first-order chi connectivity index (χ1) is 19.2. The first kappa shape index (κ1) is 38.8. The molecule has 1 fully saturated rings. The van der Waals surface area contributed by atoms with Gasteiger partial charge in [0.15, 0.2) is 0 Å². The molecule has 0 aromatic heterocycles. The number of amides is 5. The smallest absolute Gasteiger partial charge is 0.329 e. The summed E-state index contributed by atoms with van der Waals surface area (Å²) in [6.07, 6.45) is 2.45. The molecule has 42 heavy (non-hydrogen) atoms. The van der Waals surface area contributed by atoms with Crippen molar-refractivity contribution >= 4 is 35.5 Å². The second-order valence-electron chi connectivity index (χ2n) is 11.7. The van der Waals surface area contributed by atoms with E-state index in [1.165, 1.54) is 6.92 Å². The zero-order chi connectivity index (χ0) is 31.3. The molecule has 12 heteroatoms. The SMILES string of the molecule is C.CCCCC(C)C1CC(=O)NCC(=O)NC(C(C)C)C(=O)NC(CCC)C(=O)NC(C)C(=O)NC(C(C)C)C(=O)O1. The quantitative estimate of drug-likeness (QED) is 0.266. The van der Waals surface area contributed by atoms with Gasteiger partial charge in [-0.25, -0.2) is 4.79 Å². The average Bonchev–Trinajstić information content (AvgIpc) is 2.90. The number of hydrogen-bond donors (Lipinski definition) is 5. The van der Waals surface area contributed by atoms with Crippen LogP contribution < -0.4 is 26.6 Å². The van der Waals surface area contributed by atoms with Crippen molar-refractivity contribution in [3.8, 4) is 0 Å². The highest BCUT2D eigenvalue weighted by Crippen LogP contribution is 2.20. The average molecular weight is 598 g/mol. The van der Waals surface area contributed by atoms with Crippen LogP contribution in [-0.2, 0) is 33.5 Å². The summed E-state index contributed by atoms with van der Waals surface area (Å²) in [4.78, 5) is 78.0. The predicted octanol–water partition coefficient (Wildman–Crippen LogP) is 1.95. The van der Waals surface area contributed by atoms with E-state index in [1.807, 2.05) is 20.8 Å². The van der Waals surface area contributed by atoms with Gasteiger partial charge in [-0.1, -0.05) is 75.2 Å². The summed E-state index contributed by atoms with van der Waals surface area (Å²) in [5.74, 6) is -4.24. The Hall–Kier alpha value is -3.18. The lowest BCUT2D eigenvalue weighted by Gasteiger charge is -2.29. The lowest BCUT2D eigenvalue weighted by molar-refractivity contribution is -0.158. The summed E-state index contributed by atoms with van der Waals surface area (Å²) < 4.78 is 5.81. The summed E-state index contributed by atoms with van der Waals surface area (Å²) in [5, 5.41) is 13.2. The standard InChI is InChI=1S/C29H51N5O7.CH4/c1-9-11-13-18(7)21-14-22(35)30-15-23(36)33-24(16(3)4)28(39)32-20(12-10-2)27(38)31-19(8)26(37)34-25(17(5)6)29(40)41-21;/h16-21,24-25H,9-15H2,1-8H3,(H,30,35)(H,31,38)(H,32,39)(H,33,36)(H,34,37);1H4. The highest BCUT2D eigenvalue weighted by Gasteiger charge is 2.34. The van der Waals surface area contributed by atoms with Gasteiger partial charge < -0.3 is 31.3 Å². The van der Waals surface area contributed by atoms with Crippen LogP contribution in [0.5, 0.6) is 0 Å². The van der Waals surface area contributed by atoms with Gasteiger partial charge in [0.1, 0.15) is 30.3 Å². The van der Waals surface area contributed by atoms with Crippen molar-refractivity contribution < 1.29 is 33.5 Å². The first-order valence-electron chi connectivity index (χ1n) is 14.9. The van der Waals surface area contributed by atoms with Crippen molar-refractivity contribution in [1.82, 2.24) is 26.6 Å². The van der Waals surface area contributed by atoms with Crippen LogP contribution in [-0.4, -0.2) is 72.3 Å². The molecule has 0 spiro atoms. The number of carbonyl (C=O) groups excluding carboxylic acids is 6. The zero-order valence-corrected chi connectivity index (χ0v) is 25.9. The molecule has 1 saturated heterocycles. The van der Waals surface area contributed by atoms with Gasteiger partial charge in [0.2, 0.25) is 29.5 Å². The maximum Gasteiger partial charge on any atom is 0.329 e. The van der Waals surface area contributed by atoms with Gasteiger partial charge in [-0.15, -0.1) is 0 Å². The van der Waals surface area contributed by atoms with E-state index in [4.69, 9.17) is 4.74 Å².